The van der Waals surface area contributed by atoms with E-state index in [0.29, 0.717) is 18.8 Å². The number of rotatable bonds is 6. The highest BCUT2D eigenvalue weighted by Crippen LogP contribution is 2.03. The Morgan fingerprint density at radius 1 is 1.64 bits per heavy atom. The molecule has 0 aliphatic heterocycles. The summed E-state index contributed by atoms with van der Waals surface area (Å²) in [6.45, 7) is 1.71. The molecule has 0 unspecified atom stereocenters. The topological polar surface area (TPSA) is 65.0 Å². The third-order valence-corrected chi connectivity index (χ3v) is 1.37. The van der Waals surface area contributed by atoms with Crippen LogP contribution in [0.3, 0.4) is 0 Å². The largest absolute Gasteiger partial charge is 0.466 e. The van der Waals surface area contributed by atoms with Gasteiger partial charge in [-0.25, -0.2) is 5.26 Å². The van der Waals surface area contributed by atoms with Crippen LogP contribution in [-0.2, 0) is 18.9 Å². The van der Waals surface area contributed by atoms with Crippen molar-refractivity contribution in [2.45, 2.75) is 13.3 Å². The summed E-state index contributed by atoms with van der Waals surface area (Å²) < 4.78 is 8.68. The number of hydrogen-bond donors (Lipinski definition) is 1. The molecule has 0 fully saturated rings. The summed E-state index contributed by atoms with van der Waals surface area (Å²) in [5, 5.41) is 11.0. The average Bonchev–Trinajstić information content (AvgIpc) is 1.96. The normalized spacial score (nSPS) is 9.64. The summed E-state index contributed by atoms with van der Waals surface area (Å²) in [7, 11) is 0. The molecule has 0 bridgehead atoms. The lowest BCUT2D eigenvalue weighted by Crippen LogP contribution is -2.01. The third kappa shape index (κ3) is 9.70. The van der Waals surface area contributed by atoms with E-state index < -0.39 is 0 Å². The highest BCUT2D eigenvalue weighted by molar-refractivity contribution is 7.94. The van der Waals surface area contributed by atoms with Gasteiger partial charge in [0, 0.05) is 24.7 Å². The molecule has 1 N–H and O–H groups in total. The van der Waals surface area contributed by atoms with Gasteiger partial charge in [0.15, 0.2) is 0 Å². The van der Waals surface area contributed by atoms with Crippen LogP contribution in [0, 0.1) is 0 Å². The van der Waals surface area contributed by atoms with Gasteiger partial charge in [0.2, 0.25) is 0 Å². The van der Waals surface area contributed by atoms with E-state index in [2.05, 4.69) is 14.1 Å². The molecular formula is C5H10O5S. The third-order valence-electron chi connectivity index (χ3n) is 0.756. The fraction of sp³-hybridized carbons (Fsp3) is 0.800. The van der Waals surface area contributed by atoms with Gasteiger partial charge in [-0.2, -0.15) is 0 Å². The molecule has 0 aromatic carbocycles. The number of ether oxygens (including phenoxy) is 1. The summed E-state index contributed by atoms with van der Waals surface area (Å²) in [5.74, 6) is 0.294. The van der Waals surface area contributed by atoms with Crippen molar-refractivity contribution in [1.82, 2.24) is 0 Å². The van der Waals surface area contributed by atoms with E-state index in [1.165, 1.54) is 6.92 Å². The van der Waals surface area contributed by atoms with Gasteiger partial charge in [0.25, 0.3) is 0 Å². The second kappa shape index (κ2) is 7.80. The zero-order chi connectivity index (χ0) is 8.53. The van der Waals surface area contributed by atoms with Crippen LogP contribution < -0.4 is 0 Å². The average molecular weight is 182 g/mol. The van der Waals surface area contributed by atoms with Gasteiger partial charge in [0.05, 0.1) is 6.61 Å². The molecule has 11 heavy (non-hydrogen) atoms. The fourth-order valence-corrected chi connectivity index (χ4v) is 0.736. The predicted octanol–water partition coefficient (Wildman–Crippen LogP) is 1.01. The van der Waals surface area contributed by atoms with E-state index in [-0.39, 0.29) is 5.97 Å². The molecule has 5 nitrogen and oxygen atoms in total. The van der Waals surface area contributed by atoms with Gasteiger partial charge in [-0.3, -0.25) is 4.79 Å². The molecule has 0 rings (SSSR count). The smallest absolute Gasteiger partial charge is 0.302 e. The summed E-state index contributed by atoms with van der Waals surface area (Å²) in [6, 6.07) is 0. The van der Waals surface area contributed by atoms with E-state index in [4.69, 9.17) is 5.26 Å². The number of carbonyl (C=O) groups excluding carboxylic acids is 1. The Kier molecular flexibility index (Phi) is 7.59. The van der Waals surface area contributed by atoms with Gasteiger partial charge < -0.3 is 4.74 Å². The van der Waals surface area contributed by atoms with Crippen LogP contribution in [0.25, 0.3) is 0 Å². The lowest BCUT2D eigenvalue weighted by atomic mass is 10.5. The van der Waals surface area contributed by atoms with Crippen LogP contribution in [0.5, 0.6) is 0 Å². The second-order valence-electron chi connectivity index (χ2n) is 1.66. The molecule has 0 atom stereocenters. The number of carbonyl (C=O) groups is 1. The van der Waals surface area contributed by atoms with Crippen LogP contribution in [0.1, 0.15) is 13.3 Å². The predicted molar refractivity (Wildman–Crippen MR) is 38.5 cm³/mol. The summed E-state index contributed by atoms with van der Waals surface area (Å²) in [6.07, 6.45) is 0.660. The zero-order valence-corrected chi connectivity index (χ0v) is 6.93. The van der Waals surface area contributed by atoms with Crippen molar-refractivity contribution in [3.63, 3.8) is 0 Å². The lowest BCUT2D eigenvalue weighted by molar-refractivity contribution is -0.432. The Labute approximate surface area is 68.7 Å². The van der Waals surface area contributed by atoms with Crippen molar-refractivity contribution in [2.75, 3.05) is 12.4 Å². The highest BCUT2D eigenvalue weighted by atomic mass is 32.2. The molecule has 0 aliphatic rings. The molecule has 0 spiro atoms. The van der Waals surface area contributed by atoms with Crippen molar-refractivity contribution in [2.24, 2.45) is 0 Å². The van der Waals surface area contributed by atoms with Crippen LogP contribution in [0.15, 0.2) is 0 Å². The lowest BCUT2D eigenvalue weighted by Gasteiger charge is -1.99. The van der Waals surface area contributed by atoms with Crippen molar-refractivity contribution in [3.8, 4) is 0 Å². The zero-order valence-electron chi connectivity index (χ0n) is 6.11. The maximum Gasteiger partial charge on any atom is 0.302 e. The van der Waals surface area contributed by atoms with Crippen molar-refractivity contribution < 1.29 is 24.2 Å². The van der Waals surface area contributed by atoms with Gasteiger partial charge in [-0.15, -0.1) is 4.33 Å². The molecule has 6 heteroatoms. The quantitative estimate of drug-likeness (QED) is 0.217. The number of esters is 1. The Hall–Kier alpha value is -0.300. The Balaban J connectivity index is 2.85. The van der Waals surface area contributed by atoms with E-state index >= 15 is 0 Å². The highest BCUT2D eigenvalue weighted by Gasteiger charge is 1.93. The van der Waals surface area contributed by atoms with Crippen molar-refractivity contribution in [3.05, 3.63) is 0 Å². The van der Waals surface area contributed by atoms with E-state index in [0.717, 1.165) is 12.0 Å². The first kappa shape index (κ1) is 10.7. The molecule has 66 valence electrons. The molecule has 0 amide bonds. The standard InChI is InChI=1S/C5H10O5S/c1-5(6)8-3-2-4-11-10-9-7/h7H,2-4H2,1H3. The Morgan fingerprint density at radius 3 is 2.91 bits per heavy atom. The van der Waals surface area contributed by atoms with Gasteiger partial charge in [-0.05, 0) is 6.42 Å². The van der Waals surface area contributed by atoms with E-state index in [1.54, 1.807) is 0 Å². The minimum Gasteiger partial charge on any atom is -0.466 e. The van der Waals surface area contributed by atoms with Crippen molar-refractivity contribution in [1.29, 1.82) is 0 Å². The molecular weight excluding hydrogens is 172 g/mol. The van der Waals surface area contributed by atoms with Crippen LogP contribution in [0.4, 0.5) is 0 Å². The van der Waals surface area contributed by atoms with Gasteiger partial charge in [-0.1, -0.05) is 5.04 Å². The summed E-state index contributed by atoms with van der Waals surface area (Å²) >= 11 is 0.941. The molecule has 0 heterocycles. The minimum atomic E-state index is -0.297. The Morgan fingerprint density at radius 2 is 2.36 bits per heavy atom. The fourth-order valence-electron chi connectivity index (χ4n) is 0.389. The summed E-state index contributed by atoms with van der Waals surface area (Å²) in [4.78, 5) is 10.2. The first-order valence-corrected chi connectivity index (χ1v) is 3.91. The molecule has 0 aromatic heterocycles. The minimum absolute atomic E-state index is 0.297. The second-order valence-corrected chi connectivity index (χ2v) is 2.44. The SMILES string of the molecule is CC(=O)OCCCSOOO. The molecule has 0 aliphatic carbocycles. The molecule has 0 saturated heterocycles. The van der Waals surface area contributed by atoms with E-state index in [1.807, 2.05) is 0 Å². The van der Waals surface area contributed by atoms with Gasteiger partial charge in [0.1, 0.15) is 0 Å². The van der Waals surface area contributed by atoms with Crippen molar-refractivity contribution >= 4 is 18.0 Å². The first-order valence-electron chi connectivity index (χ1n) is 3.00. The van der Waals surface area contributed by atoms with E-state index in [9.17, 15) is 4.79 Å². The maximum absolute atomic E-state index is 10.2. The summed E-state index contributed by atoms with van der Waals surface area (Å²) in [5.41, 5.74) is 0. The van der Waals surface area contributed by atoms with Crippen LogP contribution in [0.2, 0.25) is 0 Å². The molecule has 0 saturated carbocycles. The Bertz CT molecular complexity index is 107. The monoisotopic (exact) mass is 182 g/mol. The van der Waals surface area contributed by atoms with Crippen LogP contribution in [-0.4, -0.2) is 23.6 Å². The number of hydrogen-bond acceptors (Lipinski definition) is 6. The van der Waals surface area contributed by atoms with Gasteiger partial charge >= 0.3 is 5.97 Å². The molecule has 0 radical (unpaired) electrons. The first-order chi connectivity index (χ1) is 5.27. The molecule has 0 aromatic rings. The maximum atomic E-state index is 10.2. The van der Waals surface area contributed by atoms with Crippen LogP contribution >= 0.6 is 12.0 Å².